The van der Waals surface area contributed by atoms with Crippen molar-refractivity contribution in [3.05, 3.63) is 40.9 Å². The van der Waals surface area contributed by atoms with Crippen molar-refractivity contribution >= 4 is 5.95 Å². The van der Waals surface area contributed by atoms with Crippen molar-refractivity contribution in [2.24, 2.45) is 0 Å². The molecule has 70 valence electrons. The standard InChI is InChI=1S/C9H8N4O/c10-9-12-5-6(8(14)13-9)7-3-1-2-4-11-7/h1-5H,(H3,10,12,13,14). The van der Waals surface area contributed by atoms with Crippen LogP contribution >= 0.6 is 0 Å². The maximum Gasteiger partial charge on any atom is 0.261 e. The van der Waals surface area contributed by atoms with Crippen molar-refractivity contribution in [2.75, 3.05) is 5.73 Å². The summed E-state index contributed by atoms with van der Waals surface area (Å²) in [6, 6.07) is 5.32. The maximum absolute atomic E-state index is 11.4. The number of nitrogens with two attached hydrogens (primary N) is 1. The van der Waals surface area contributed by atoms with Gasteiger partial charge in [0.1, 0.15) is 0 Å². The molecule has 0 atom stereocenters. The summed E-state index contributed by atoms with van der Waals surface area (Å²) in [5, 5.41) is 0. The van der Waals surface area contributed by atoms with Crippen LogP contribution in [-0.2, 0) is 0 Å². The molecule has 0 saturated carbocycles. The average Bonchev–Trinajstić information content (AvgIpc) is 2.19. The lowest BCUT2D eigenvalue weighted by atomic mass is 10.2. The summed E-state index contributed by atoms with van der Waals surface area (Å²) >= 11 is 0. The van der Waals surface area contributed by atoms with Gasteiger partial charge in [-0.25, -0.2) is 4.98 Å². The van der Waals surface area contributed by atoms with Gasteiger partial charge >= 0.3 is 0 Å². The Bertz CT molecular complexity index is 492. The number of hydrogen-bond acceptors (Lipinski definition) is 4. The molecule has 0 spiro atoms. The van der Waals surface area contributed by atoms with Gasteiger partial charge in [-0.1, -0.05) is 6.07 Å². The van der Waals surface area contributed by atoms with Crippen molar-refractivity contribution in [3.8, 4) is 11.3 Å². The summed E-state index contributed by atoms with van der Waals surface area (Å²) < 4.78 is 0. The minimum absolute atomic E-state index is 0.106. The van der Waals surface area contributed by atoms with Gasteiger partial charge in [-0.05, 0) is 12.1 Å². The third kappa shape index (κ3) is 1.47. The van der Waals surface area contributed by atoms with Gasteiger partial charge in [0.2, 0.25) is 0 Å². The summed E-state index contributed by atoms with van der Waals surface area (Å²) in [5.41, 5.74) is 6.04. The number of anilines is 1. The second-order valence-electron chi connectivity index (χ2n) is 2.73. The van der Waals surface area contributed by atoms with Crippen molar-refractivity contribution < 1.29 is 0 Å². The number of aromatic nitrogens is 3. The molecule has 14 heavy (non-hydrogen) atoms. The Morgan fingerprint density at radius 2 is 2.14 bits per heavy atom. The zero-order valence-electron chi connectivity index (χ0n) is 7.27. The second-order valence-corrected chi connectivity index (χ2v) is 2.73. The number of rotatable bonds is 1. The van der Waals surface area contributed by atoms with Crippen LogP contribution < -0.4 is 11.3 Å². The van der Waals surface area contributed by atoms with Crippen LogP contribution in [0, 0.1) is 0 Å². The Kier molecular flexibility index (Phi) is 1.98. The fraction of sp³-hybridized carbons (Fsp3) is 0. The number of nitrogen functional groups attached to an aromatic ring is 1. The van der Waals surface area contributed by atoms with E-state index in [0.29, 0.717) is 11.3 Å². The molecule has 5 nitrogen and oxygen atoms in total. The van der Waals surface area contributed by atoms with Gasteiger partial charge in [0.25, 0.3) is 5.56 Å². The molecule has 0 aromatic carbocycles. The highest BCUT2D eigenvalue weighted by Gasteiger charge is 2.03. The van der Waals surface area contributed by atoms with E-state index in [1.54, 1.807) is 24.4 Å². The maximum atomic E-state index is 11.4. The molecule has 0 aliphatic carbocycles. The number of pyridine rings is 1. The fourth-order valence-corrected chi connectivity index (χ4v) is 1.11. The first kappa shape index (κ1) is 8.43. The Morgan fingerprint density at radius 1 is 1.29 bits per heavy atom. The van der Waals surface area contributed by atoms with Crippen LogP contribution in [0.2, 0.25) is 0 Å². The van der Waals surface area contributed by atoms with E-state index in [-0.39, 0.29) is 11.5 Å². The lowest BCUT2D eigenvalue weighted by Crippen LogP contribution is -2.13. The van der Waals surface area contributed by atoms with Gasteiger partial charge in [0.15, 0.2) is 5.95 Å². The van der Waals surface area contributed by atoms with Gasteiger partial charge in [-0.15, -0.1) is 0 Å². The minimum Gasteiger partial charge on any atom is -0.369 e. The first-order valence-corrected chi connectivity index (χ1v) is 4.03. The van der Waals surface area contributed by atoms with E-state index in [2.05, 4.69) is 15.0 Å². The van der Waals surface area contributed by atoms with Crippen LogP contribution in [0.3, 0.4) is 0 Å². The fourth-order valence-electron chi connectivity index (χ4n) is 1.11. The normalized spacial score (nSPS) is 10.0. The number of nitrogens with one attached hydrogen (secondary N) is 1. The third-order valence-electron chi connectivity index (χ3n) is 1.76. The molecular weight excluding hydrogens is 180 g/mol. The van der Waals surface area contributed by atoms with Gasteiger partial charge in [-0.2, -0.15) is 0 Å². The summed E-state index contributed by atoms with van der Waals surface area (Å²) in [4.78, 5) is 21.7. The molecule has 0 aliphatic rings. The molecule has 0 fully saturated rings. The van der Waals surface area contributed by atoms with Crippen LogP contribution in [-0.4, -0.2) is 15.0 Å². The van der Waals surface area contributed by atoms with E-state index >= 15 is 0 Å². The summed E-state index contributed by atoms with van der Waals surface area (Å²) in [6.45, 7) is 0. The number of aromatic amines is 1. The second kappa shape index (κ2) is 3.29. The highest BCUT2D eigenvalue weighted by molar-refractivity contribution is 5.56. The largest absolute Gasteiger partial charge is 0.369 e. The predicted octanol–water partition coefficient (Wildman–Crippen LogP) is 0.414. The van der Waals surface area contributed by atoms with Crippen LogP contribution in [0.1, 0.15) is 0 Å². The molecule has 5 heteroatoms. The summed E-state index contributed by atoms with van der Waals surface area (Å²) in [7, 11) is 0. The van der Waals surface area contributed by atoms with E-state index in [4.69, 9.17) is 5.73 Å². The highest BCUT2D eigenvalue weighted by atomic mass is 16.1. The molecular formula is C9H8N4O. The SMILES string of the molecule is Nc1ncc(-c2ccccn2)c(=O)[nH]1. The van der Waals surface area contributed by atoms with E-state index in [9.17, 15) is 4.79 Å². The number of hydrogen-bond donors (Lipinski definition) is 2. The zero-order chi connectivity index (χ0) is 9.97. The molecule has 0 radical (unpaired) electrons. The molecule has 2 aromatic heterocycles. The monoisotopic (exact) mass is 188 g/mol. The van der Waals surface area contributed by atoms with Crippen LogP contribution in [0.5, 0.6) is 0 Å². The van der Waals surface area contributed by atoms with E-state index in [1.807, 2.05) is 0 Å². The first-order chi connectivity index (χ1) is 6.77. The summed E-state index contributed by atoms with van der Waals surface area (Å²) in [6.07, 6.45) is 3.03. The van der Waals surface area contributed by atoms with Gasteiger partial charge in [0.05, 0.1) is 11.3 Å². The molecule has 3 N–H and O–H groups in total. The Morgan fingerprint density at radius 3 is 2.79 bits per heavy atom. The van der Waals surface area contributed by atoms with Gasteiger partial charge in [0, 0.05) is 12.4 Å². The number of H-pyrrole nitrogens is 1. The van der Waals surface area contributed by atoms with Crippen molar-refractivity contribution in [1.29, 1.82) is 0 Å². The smallest absolute Gasteiger partial charge is 0.261 e. The lowest BCUT2D eigenvalue weighted by molar-refractivity contribution is 1.13. The molecule has 0 amide bonds. The predicted molar refractivity (Wildman–Crippen MR) is 52.5 cm³/mol. The van der Waals surface area contributed by atoms with Crippen molar-refractivity contribution in [2.45, 2.75) is 0 Å². The van der Waals surface area contributed by atoms with E-state index in [1.165, 1.54) is 6.20 Å². The van der Waals surface area contributed by atoms with Crippen LogP contribution in [0.4, 0.5) is 5.95 Å². The molecule has 2 rings (SSSR count). The quantitative estimate of drug-likeness (QED) is 0.679. The zero-order valence-corrected chi connectivity index (χ0v) is 7.27. The third-order valence-corrected chi connectivity index (χ3v) is 1.76. The van der Waals surface area contributed by atoms with Crippen molar-refractivity contribution in [1.82, 2.24) is 15.0 Å². The topological polar surface area (TPSA) is 84.7 Å². The molecule has 0 saturated heterocycles. The minimum atomic E-state index is -0.281. The average molecular weight is 188 g/mol. The van der Waals surface area contributed by atoms with E-state index in [0.717, 1.165) is 0 Å². The van der Waals surface area contributed by atoms with Crippen LogP contribution in [0.25, 0.3) is 11.3 Å². The van der Waals surface area contributed by atoms with Crippen molar-refractivity contribution in [3.63, 3.8) is 0 Å². The Balaban J connectivity index is 2.59. The Hall–Kier alpha value is -2.17. The highest BCUT2D eigenvalue weighted by Crippen LogP contribution is 2.09. The van der Waals surface area contributed by atoms with Crippen LogP contribution in [0.15, 0.2) is 35.4 Å². The molecule has 0 aliphatic heterocycles. The van der Waals surface area contributed by atoms with E-state index < -0.39 is 0 Å². The first-order valence-electron chi connectivity index (χ1n) is 4.03. The van der Waals surface area contributed by atoms with Gasteiger partial charge in [-0.3, -0.25) is 14.8 Å². The Labute approximate surface area is 79.6 Å². The molecule has 2 heterocycles. The molecule has 2 aromatic rings. The van der Waals surface area contributed by atoms with Gasteiger partial charge < -0.3 is 5.73 Å². The molecule has 0 bridgehead atoms. The summed E-state index contributed by atoms with van der Waals surface area (Å²) in [5.74, 6) is 0.106. The number of nitrogens with zero attached hydrogens (tertiary/aromatic N) is 2. The molecule has 0 unspecified atom stereocenters. The lowest BCUT2D eigenvalue weighted by Gasteiger charge is -1.98.